The molecular formula is C27H25N3O5. The molecule has 178 valence electrons. The maximum Gasteiger partial charge on any atom is 0.303 e. The normalized spacial score (nSPS) is 11.3. The van der Waals surface area contributed by atoms with Gasteiger partial charge in [-0.1, -0.05) is 35.5 Å². The molecule has 8 nitrogen and oxygen atoms in total. The molecular weight excluding hydrogens is 446 g/mol. The highest BCUT2D eigenvalue weighted by molar-refractivity contribution is 6.01. The quantitative estimate of drug-likeness (QED) is 0.230. The first kappa shape index (κ1) is 23.7. The number of hydrogen-bond donors (Lipinski definition) is 1. The number of carboxylic acids is 1. The summed E-state index contributed by atoms with van der Waals surface area (Å²) in [7, 11) is 0. The molecule has 0 saturated heterocycles. The molecule has 4 aromatic rings. The van der Waals surface area contributed by atoms with Crippen molar-refractivity contribution in [3.63, 3.8) is 0 Å². The Balaban J connectivity index is 1.32. The van der Waals surface area contributed by atoms with E-state index < -0.39 is 5.97 Å². The van der Waals surface area contributed by atoms with Crippen molar-refractivity contribution >= 4 is 11.7 Å². The molecule has 2 aromatic carbocycles. The summed E-state index contributed by atoms with van der Waals surface area (Å²) in [6, 6.07) is 20.8. The Kier molecular flexibility index (Phi) is 7.85. The molecule has 0 spiro atoms. The second-order valence-electron chi connectivity index (χ2n) is 7.77. The first-order chi connectivity index (χ1) is 17.1. The Morgan fingerprint density at radius 1 is 1.00 bits per heavy atom. The molecule has 0 aliphatic rings. The van der Waals surface area contributed by atoms with Gasteiger partial charge in [0.05, 0.1) is 12.1 Å². The highest BCUT2D eigenvalue weighted by Crippen LogP contribution is 2.23. The number of hydrogen-bond acceptors (Lipinski definition) is 7. The van der Waals surface area contributed by atoms with E-state index in [0.717, 1.165) is 28.1 Å². The van der Waals surface area contributed by atoms with Gasteiger partial charge < -0.3 is 19.1 Å². The number of aliphatic carboxylic acids is 1. The third-order valence-electron chi connectivity index (χ3n) is 5.19. The summed E-state index contributed by atoms with van der Waals surface area (Å²) in [4.78, 5) is 25.1. The molecule has 0 amide bonds. The van der Waals surface area contributed by atoms with Crippen LogP contribution in [0.3, 0.4) is 0 Å². The highest BCUT2D eigenvalue weighted by Gasteiger charge is 2.12. The SMILES string of the molecule is Cc1oc(-c2ccccc2)nc1COc1ccc(CO/N=C(/CCC(=O)O)c2cccnc2)cc1. The summed E-state index contributed by atoms with van der Waals surface area (Å²) in [5, 5.41) is 13.2. The van der Waals surface area contributed by atoms with Crippen LogP contribution < -0.4 is 4.74 Å². The largest absolute Gasteiger partial charge is 0.487 e. The number of carboxylic acid groups (broad SMARTS) is 1. The van der Waals surface area contributed by atoms with E-state index in [0.29, 0.717) is 24.0 Å². The van der Waals surface area contributed by atoms with E-state index in [4.69, 9.17) is 19.1 Å². The highest BCUT2D eigenvalue weighted by atomic mass is 16.6. The molecule has 8 heteroatoms. The minimum Gasteiger partial charge on any atom is -0.487 e. The lowest BCUT2D eigenvalue weighted by Gasteiger charge is -2.07. The van der Waals surface area contributed by atoms with Crippen LogP contribution in [0.15, 0.2) is 88.7 Å². The van der Waals surface area contributed by atoms with Crippen LogP contribution in [0.4, 0.5) is 0 Å². The topological polar surface area (TPSA) is 107 Å². The fraction of sp³-hybridized carbons (Fsp3) is 0.185. The van der Waals surface area contributed by atoms with E-state index in [9.17, 15) is 4.79 Å². The van der Waals surface area contributed by atoms with Crippen molar-refractivity contribution in [2.75, 3.05) is 0 Å². The average molecular weight is 472 g/mol. The number of benzene rings is 2. The number of rotatable bonds is 11. The monoisotopic (exact) mass is 471 g/mol. The van der Waals surface area contributed by atoms with Gasteiger partial charge in [-0.2, -0.15) is 0 Å². The molecule has 0 unspecified atom stereocenters. The van der Waals surface area contributed by atoms with E-state index in [-0.39, 0.29) is 19.4 Å². The molecule has 2 aromatic heterocycles. The van der Waals surface area contributed by atoms with Gasteiger partial charge in [-0.05, 0) is 48.9 Å². The van der Waals surface area contributed by atoms with Crippen molar-refractivity contribution in [1.29, 1.82) is 0 Å². The van der Waals surface area contributed by atoms with Gasteiger partial charge in [-0.25, -0.2) is 4.98 Å². The lowest BCUT2D eigenvalue weighted by Crippen LogP contribution is -2.06. The van der Waals surface area contributed by atoms with Crippen molar-refractivity contribution in [2.45, 2.75) is 33.0 Å². The fourth-order valence-corrected chi connectivity index (χ4v) is 3.29. The first-order valence-corrected chi connectivity index (χ1v) is 11.1. The van der Waals surface area contributed by atoms with Crippen molar-refractivity contribution in [3.8, 4) is 17.2 Å². The van der Waals surface area contributed by atoms with Crippen LogP contribution in [0, 0.1) is 6.92 Å². The molecule has 35 heavy (non-hydrogen) atoms. The average Bonchev–Trinajstić information content (AvgIpc) is 3.27. The second-order valence-corrected chi connectivity index (χ2v) is 7.77. The van der Waals surface area contributed by atoms with Crippen LogP contribution in [0.2, 0.25) is 0 Å². The number of oxazole rings is 1. The van der Waals surface area contributed by atoms with Crippen molar-refractivity contribution < 1.29 is 23.9 Å². The van der Waals surface area contributed by atoms with Crippen LogP contribution in [0.25, 0.3) is 11.5 Å². The first-order valence-electron chi connectivity index (χ1n) is 11.1. The number of ether oxygens (including phenoxy) is 1. The maximum atomic E-state index is 11.0. The van der Waals surface area contributed by atoms with Crippen molar-refractivity contribution in [2.24, 2.45) is 5.16 Å². The number of carbonyl (C=O) groups is 1. The van der Waals surface area contributed by atoms with Crippen molar-refractivity contribution in [3.05, 3.63) is 102 Å². The van der Waals surface area contributed by atoms with Crippen LogP contribution in [0.1, 0.15) is 35.4 Å². The third kappa shape index (κ3) is 6.77. The van der Waals surface area contributed by atoms with Crippen molar-refractivity contribution in [1.82, 2.24) is 9.97 Å². The molecule has 0 fully saturated rings. The lowest BCUT2D eigenvalue weighted by molar-refractivity contribution is -0.136. The second kappa shape index (κ2) is 11.6. The standard InChI is InChI=1S/C27H25N3O5/c1-19-25(29-27(35-19)21-6-3-2-4-7-21)18-33-23-11-9-20(10-12-23)17-34-30-24(13-14-26(31)32)22-8-5-15-28-16-22/h2-12,15-16H,13-14,17-18H2,1H3,(H,31,32)/b30-24-. The van der Waals surface area contributed by atoms with Gasteiger partial charge >= 0.3 is 5.97 Å². The number of pyridine rings is 1. The van der Waals surface area contributed by atoms with E-state index >= 15 is 0 Å². The molecule has 2 heterocycles. The predicted octanol–water partition coefficient (Wildman–Crippen LogP) is 5.41. The fourth-order valence-electron chi connectivity index (χ4n) is 3.29. The summed E-state index contributed by atoms with van der Waals surface area (Å²) in [5.41, 5.74) is 3.83. The number of aryl methyl sites for hydroxylation is 1. The summed E-state index contributed by atoms with van der Waals surface area (Å²) in [5.74, 6) is 1.09. The minimum absolute atomic E-state index is 0.0407. The number of aromatic nitrogens is 2. The Bertz CT molecular complexity index is 1270. The van der Waals surface area contributed by atoms with E-state index in [1.165, 1.54) is 0 Å². The van der Waals surface area contributed by atoms with Gasteiger partial charge in [0.1, 0.15) is 30.4 Å². The molecule has 0 radical (unpaired) electrons. The minimum atomic E-state index is -0.894. The lowest BCUT2D eigenvalue weighted by atomic mass is 10.1. The molecule has 0 atom stereocenters. The molecule has 0 aliphatic carbocycles. The smallest absolute Gasteiger partial charge is 0.303 e. The Hall–Kier alpha value is -4.46. The molecule has 0 aliphatic heterocycles. The summed E-state index contributed by atoms with van der Waals surface area (Å²) in [6.45, 7) is 2.40. The van der Waals surface area contributed by atoms with E-state index in [1.54, 1.807) is 18.5 Å². The molecule has 4 rings (SSSR count). The Morgan fingerprint density at radius 2 is 1.80 bits per heavy atom. The summed E-state index contributed by atoms with van der Waals surface area (Å²) in [6.07, 6.45) is 3.49. The Labute approximate surface area is 202 Å². The zero-order valence-corrected chi connectivity index (χ0v) is 19.3. The van der Waals surface area contributed by atoms with Gasteiger partial charge in [0.2, 0.25) is 5.89 Å². The van der Waals surface area contributed by atoms with Gasteiger partial charge in [0.15, 0.2) is 0 Å². The van der Waals surface area contributed by atoms with Crippen LogP contribution >= 0.6 is 0 Å². The molecule has 0 saturated carbocycles. The van der Waals surface area contributed by atoms with Gasteiger partial charge in [0.25, 0.3) is 0 Å². The maximum absolute atomic E-state index is 11.0. The van der Waals surface area contributed by atoms with E-state index in [1.807, 2.05) is 67.6 Å². The van der Waals surface area contributed by atoms with Crippen LogP contribution in [-0.4, -0.2) is 26.8 Å². The zero-order chi connectivity index (χ0) is 24.5. The van der Waals surface area contributed by atoms with Gasteiger partial charge in [0, 0.05) is 29.9 Å². The van der Waals surface area contributed by atoms with Crippen LogP contribution in [-0.2, 0) is 22.8 Å². The Morgan fingerprint density at radius 3 is 2.51 bits per heavy atom. The number of nitrogens with zero attached hydrogens (tertiary/aromatic N) is 3. The summed E-state index contributed by atoms with van der Waals surface area (Å²) >= 11 is 0. The van der Waals surface area contributed by atoms with Gasteiger partial charge in [-0.15, -0.1) is 0 Å². The van der Waals surface area contributed by atoms with E-state index in [2.05, 4.69) is 15.1 Å². The third-order valence-corrected chi connectivity index (χ3v) is 5.19. The number of oxime groups is 1. The van der Waals surface area contributed by atoms with Gasteiger partial charge in [-0.3, -0.25) is 9.78 Å². The summed E-state index contributed by atoms with van der Waals surface area (Å²) < 4.78 is 11.7. The molecule has 1 N–H and O–H groups in total. The zero-order valence-electron chi connectivity index (χ0n) is 19.3. The molecule has 0 bridgehead atoms. The van der Waals surface area contributed by atoms with Crippen LogP contribution in [0.5, 0.6) is 5.75 Å². The predicted molar refractivity (Wildman–Crippen MR) is 130 cm³/mol.